The van der Waals surface area contributed by atoms with Crippen LogP contribution >= 0.6 is 0 Å². The van der Waals surface area contributed by atoms with Crippen molar-refractivity contribution in [1.29, 1.82) is 5.26 Å². The van der Waals surface area contributed by atoms with E-state index in [0.29, 0.717) is 5.54 Å². The van der Waals surface area contributed by atoms with Crippen molar-refractivity contribution in [2.75, 3.05) is 5.32 Å². The summed E-state index contributed by atoms with van der Waals surface area (Å²) in [5, 5.41) is 12.6. The van der Waals surface area contributed by atoms with E-state index in [1.807, 2.05) is 12.1 Å². The van der Waals surface area contributed by atoms with E-state index < -0.39 is 0 Å². The standard InChI is InChI=1S/C14H16N2/c15-10-11-4-5-13-12(8-11)9-14(16-13)6-2-1-3-7-14/h4-5,8,16H,1-3,6-7,9H2. The molecule has 16 heavy (non-hydrogen) atoms. The minimum absolute atomic E-state index is 0.314. The molecule has 1 N–H and O–H groups in total. The van der Waals surface area contributed by atoms with Crippen molar-refractivity contribution in [3.05, 3.63) is 29.3 Å². The zero-order chi connectivity index (χ0) is 11.0. The van der Waals surface area contributed by atoms with E-state index >= 15 is 0 Å². The topological polar surface area (TPSA) is 35.8 Å². The Bertz CT molecular complexity index is 450. The van der Waals surface area contributed by atoms with Gasteiger partial charge >= 0.3 is 0 Å². The molecular weight excluding hydrogens is 196 g/mol. The van der Waals surface area contributed by atoms with E-state index in [-0.39, 0.29) is 0 Å². The van der Waals surface area contributed by atoms with E-state index in [2.05, 4.69) is 17.5 Å². The maximum atomic E-state index is 8.90. The van der Waals surface area contributed by atoms with Crippen molar-refractivity contribution in [1.82, 2.24) is 0 Å². The Morgan fingerprint density at radius 1 is 1.19 bits per heavy atom. The van der Waals surface area contributed by atoms with Gasteiger partial charge in [0.1, 0.15) is 0 Å². The van der Waals surface area contributed by atoms with E-state index in [9.17, 15) is 0 Å². The summed E-state index contributed by atoms with van der Waals surface area (Å²) < 4.78 is 0. The molecule has 0 atom stereocenters. The first-order chi connectivity index (χ1) is 7.81. The minimum Gasteiger partial charge on any atom is -0.379 e. The van der Waals surface area contributed by atoms with Crippen LogP contribution in [-0.4, -0.2) is 5.54 Å². The smallest absolute Gasteiger partial charge is 0.0991 e. The first kappa shape index (κ1) is 9.72. The van der Waals surface area contributed by atoms with Gasteiger partial charge in [-0.15, -0.1) is 0 Å². The van der Waals surface area contributed by atoms with Crippen LogP contribution in [0.25, 0.3) is 0 Å². The number of hydrogen-bond acceptors (Lipinski definition) is 2. The van der Waals surface area contributed by atoms with Crippen molar-refractivity contribution < 1.29 is 0 Å². The number of hydrogen-bond donors (Lipinski definition) is 1. The van der Waals surface area contributed by atoms with Crippen LogP contribution in [0.4, 0.5) is 5.69 Å². The van der Waals surface area contributed by atoms with E-state index in [1.54, 1.807) is 0 Å². The van der Waals surface area contributed by atoms with Gasteiger partial charge in [-0.3, -0.25) is 0 Å². The molecule has 0 bridgehead atoms. The quantitative estimate of drug-likeness (QED) is 0.716. The Balaban J connectivity index is 1.91. The first-order valence-electron chi connectivity index (χ1n) is 6.13. The lowest BCUT2D eigenvalue weighted by atomic mass is 9.80. The number of nitriles is 1. The highest BCUT2D eigenvalue weighted by molar-refractivity contribution is 5.61. The molecule has 2 heteroatoms. The zero-order valence-electron chi connectivity index (χ0n) is 9.42. The van der Waals surface area contributed by atoms with Crippen molar-refractivity contribution in [3.63, 3.8) is 0 Å². The lowest BCUT2D eigenvalue weighted by molar-refractivity contribution is 0.333. The second-order valence-electron chi connectivity index (χ2n) is 5.13. The Morgan fingerprint density at radius 3 is 2.75 bits per heavy atom. The number of nitrogens with zero attached hydrogens (tertiary/aromatic N) is 1. The molecular formula is C14H16N2. The van der Waals surface area contributed by atoms with Crippen LogP contribution in [0.2, 0.25) is 0 Å². The van der Waals surface area contributed by atoms with E-state index in [1.165, 1.54) is 43.4 Å². The summed E-state index contributed by atoms with van der Waals surface area (Å²) in [6.07, 6.45) is 7.73. The molecule has 1 aromatic carbocycles. The second kappa shape index (κ2) is 3.52. The van der Waals surface area contributed by atoms with Crippen LogP contribution in [0.3, 0.4) is 0 Å². The maximum absolute atomic E-state index is 8.90. The van der Waals surface area contributed by atoms with Gasteiger partial charge in [-0.2, -0.15) is 5.26 Å². The molecule has 1 aromatic rings. The average molecular weight is 212 g/mol. The molecule has 1 aliphatic heterocycles. The largest absolute Gasteiger partial charge is 0.379 e. The normalized spacial score (nSPS) is 21.2. The monoisotopic (exact) mass is 212 g/mol. The molecule has 0 unspecified atom stereocenters. The van der Waals surface area contributed by atoms with Crippen molar-refractivity contribution >= 4 is 5.69 Å². The maximum Gasteiger partial charge on any atom is 0.0991 e. The van der Waals surface area contributed by atoms with Crippen LogP contribution in [0.15, 0.2) is 18.2 Å². The zero-order valence-corrected chi connectivity index (χ0v) is 9.42. The van der Waals surface area contributed by atoms with Crippen molar-refractivity contribution in [2.24, 2.45) is 0 Å². The van der Waals surface area contributed by atoms with Crippen LogP contribution in [0.5, 0.6) is 0 Å². The van der Waals surface area contributed by atoms with Gasteiger partial charge < -0.3 is 5.32 Å². The molecule has 1 heterocycles. The van der Waals surface area contributed by atoms with Crippen LogP contribution < -0.4 is 5.32 Å². The highest BCUT2D eigenvalue weighted by atomic mass is 15.0. The van der Waals surface area contributed by atoms with Gasteiger partial charge in [0.15, 0.2) is 0 Å². The Labute approximate surface area is 96.3 Å². The van der Waals surface area contributed by atoms with Gasteiger partial charge in [-0.05, 0) is 43.0 Å². The van der Waals surface area contributed by atoms with Gasteiger partial charge in [-0.25, -0.2) is 0 Å². The highest BCUT2D eigenvalue weighted by Gasteiger charge is 2.37. The van der Waals surface area contributed by atoms with E-state index in [0.717, 1.165) is 12.0 Å². The number of rotatable bonds is 0. The summed E-state index contributed by atoms with van der Waals surface area (Å²) >= 11 is 0. The summed E-state index contributed by atoms with van der Waals surface area (Å²) in [6, 6.07) is 8.24. The Morgan fingerprint density at radius 2 is 2.00 bits per heavy atom. The number of fused-ring (bicyclic) bond motifs is 1. The van der Waals surface area contributed by atoms with Gasteiger partial charge in [0.05, 0.1) is 11.6 Å². The molecule has 2 nitrogen and oxygen atoms in total. The predicted octanol–water partition coefficient (Wildman–Crippen LogP) is 3.23. The van der Waals surface area contributed by atoms with Gasteiger partial charge in [0.2, 0.25) is 0 Å². The third kappa shape index (κ3) is 1.48. The molecule has 3 rings (SSSR count). The van der Waals surface area contributed by atoms with Gasteiger partial charge in [0, 0.05) is 11.2 Å². The molecule has 0 amide bonds. The lowest BCUT2D eigenvalue weighted by Gasteiger charge is -2.34. The molecule has 1 spiro atoms. The summed E-state index contributed by atoms with van der Waals surface area (Å²) in [4.78, 5) is 0. The van der Waals surface area contributed by atoms with Gasteiger partial charge in [-0.1, -0.05) is 19.3 Å². The number of nitrogens with one attached hydrogen (secondary N) is 1. The minimum atomic E-state index is 0.314. The molecule has 0 saturated heterocycles. The van der Waals surface area contributed by atoms with Gasteiger partial charge in [0.25, 0.3) is 0 Å². The summed E-state index contributed by atoms with van der Waals surface area (Å²) in [5.41, 5.74) is 3.68. The predicted molar refractivity (Wildman–Crippen MR) is 64.3 cm³/mol. The molecule has 0 radical (unpaired) electrons. The summed E-state index contributed by atoms with van der Waals surface area (Å²) in [7, 11) is 0. The molecule has 1 fully saturated rings. The third-order valence-electron chi connectivity index (χ3n) is 3.97. The van der Waals surface area contributed by atoms with Crippen LogP contribution in [0.1, 0.15) is 43.2 Å². The molecule has 1 aliphatic carbocycles. The lowest BCUT2D eigenvalue weighted by Crippen LogP contribution is -2.38. The molecule has 2 aliphatic rings. The molecule has 0 aromatic heterocycles. The Kier molecular flexibility index (Phi) is 2.14. The SMILES string of the molecule is N#Cc1ccc2c(c1)CC1(CCCCC1)N2. The fourth-order valence-corrected chi connectivity index (χ4v) is 3.16. The summed E-state index contributed by atoms with van der Waals surface area (Å²) in [5.74, 6) is 0. The molecule has 1 saturated carbocycles. The number of benzene rings is 1. The first-order valence-corrected chi connectivity index (χ1v) is 6.13. The Hall–Kier alpha value is -1.49. The van der Waals surface area contributed by atoms with Crippen molar-refractivity contribution in [3.8, 4) is 6.07 Å². The fourth-order valence-electron chi connectivity index (χ4n) is 3.16. The number of anilines is 1. The second-order valence-corrected chi connectivity index (χ2v) is 5.13. The van der Waals surface area contributed by atoms with E-state index in [4.69, 9.17) is 5.26 Å². The average Bonchev–Trinajstić information content (AvgIpc) is 2.66. The third-order valence-corrected chi connectivity index (χ3v) is 3.97. The highest BCUT2D eigenvalue weighted by Crippen LogP contribution is 2.41. The molecule has 82 valence electrons. The van der Waals surface area contributed by atoms with Crippen LogP contribution in [0, 0.1) is 11.3 Å². The summed E-state index contributed by atoms with van der Waals surface area (Å²) in [6.45, 7) is 0. The van der Waals surface area contributed by atoms with Crippen molar-refractivity contribution in [2.45, 2.75) is 44.1 Å². The fraction of sp³-hybridized carbons (Fsp3) is 0.500. The van der Waals surface area contributed by atoms with Crippen LogP contribution in [-0.2, 0) is 6.42 Å².